The third-order valence-electron chi connectivity index (χ3n) is 4.46. The van der Waals surface area contributed by atoms with Crippen LogP contribution >= 0.6 is 0 Å². The molecule has 1 atom stereocenters. The van der Waals surface area contributed by atoms with Gasteiger partial charge >= 0.3 is 5.97 Å². The maximum absolute atomic E-state index is 12.1. The lowest BCUT2D eigenvalue weighted by molar-refractivity contribution is -0.132. The second-order valence-electron chi connectivity index (χ2n) is 6.36. The van der Waals surface area contributed by atoms with Gasteiger partial charge in [-0.3, -0.25) is 9.59 Å². The van der Waals surface area contributed by atoms with Crippen molar-refractivity contribution < 1.29 is 23.8 Å². The van der Waals surface area contributed by atoms with E-state index in [2.05, 4.69) is 5.10 Å². The second-order valence-corrected chi connectivity index (χ2v) is 6.36. The Hall–Kier alpha value is -3.35. The van der Waals surface area contributed by atoms with Gasteiger partial charge in [0.2, 0.25) is 12.7 Å². The molecule has 0 bridgehead atoms. The van der Waals surface area contributed by atoms with Crippen LogP contribution in [0.1, 0.15) is 37.4 Å². The Bertz CT molecular complexity index is 936. The summed E-state index contributed by atoms with van der Waals surface area (Å²) in [6, 6.07) is 12.6. The molecule has 2 aliphatic heterocycles. The molecule has 1 amide bonds. The Morgan fingerprint density at radius 2 is 1.81 bits per heavy atom. The Balaban J connectivity index is 1.60. The number of esters is 1. The van der Waals surface area contributed by atoms with Crippen molar-refractivity contribution in [3.8, 4) is 17.2 Å². The molecule has 138 valence electrons. The van der Waals surface area contributed by atoms with Crippen LogP contribution in [0, 0.1) is 0 Å². The summed E-state index contributed by atoms with van der Waals surface area (Å²) in [6.07, 6.45) is 0.576. The van der Waals surface area contributed by atoms with Crippen molar-refractivity contribution in [3.63, 3.8) is 0 Å². The second kappa shape index (κ2) is 6.75. The summed E-state index contributed by atoms with van der Waals surface area (Å²) in [7, 11) is 0. The molecule has 2 aromatic carbocycles. The van der Waals surface area contributed by atoms with Gasteiger partial charge in [-0.25, -0.2) is 5.01 Å². The molecule has 0 aromatic heterocycles. The molecule has 2 heterocycles. The zero-order valence-electron chi connectivity index (χ0n) is 15.0. The maximum atomic E-state index is 12.1. The highest BCUT2D eigenvalue weighted by molar-refractivity contribution is 6.03. The van der Waals surface area contributed by atoms with E-state index in [0.29, 0.717) is 23.7 Å². The van der Waals surface area contributed by atoms with Crippen LogP contribution < -0.4 is 14.2 Å². The van der Waals surface area contributed by atoms with E-state index < -0.39 is 0 Å². The van der Waals surface area contributed by atoms with Crippen LogP contribution in [0.3, 0.4) is 0 Å². The standard InChI is InChI=1S/C20H18N2O5/c1-12(23)22-18(15-5-8-19-20(9-15)26-11-25-19)10-17(21-22)14-3-6-16(7-4-14)27-13(2)24/h3-9,18H,10-11H2,1-2H3. The predicted octanol–water partition coefficient (Wildman–Crippen LogP) is 3.04. The zero-order chi connectivity index (χ0) is 19.0. The Morgan fingerprint density at radius 1 is 1.07 bits per heavy atom. The number of carbonyl (C=O) groups is 2. The van der Waals surface area contributed by atoms with Gasteiger partial charge < -0.3 is 14.2 Å². The van der Waals surface area contributed by atoms with Crippen molar-refractivity contribution in [2.75, 3.05) is 6.79 Å². The third-order valence-corrected chi connectivity index (χ3v) is 4.46. The molecule has 2 aliphatic rings. The lowest BCUT2D eigenvalue weighted by Gasteiger charge is -2.20. The van der Waals surface area contributed by atoms with E-state index in [1.807, 2.05) is 30.3 Å². The van der Waals surface area contributed by atoms with Crippen molar-refractivity contribution in [1.82, 2.24) is 5.01 Å². The van der Waals surface area contributed by atoms with Gasteiger partial charge in [0.05, 0.1) is 11.8 Å². The minimum Gasteiger partial charge on any atom is -0.454 e. The molecular formula is C20H18N2O5. The van der Waals surface area contributed by atoms with E-state index in [1.54, 1.807) is 12.1 Å². The van der Waals surface area contributed by atoms with Crippen molar-refractivity contribution in [2.24, 2.45) is 5.10 Å². The lowest BCUT2D eigenvalue weighted by atomic mass is 9.98. The number of amides is 1. The Labute approximate surface area is 156 Å². The van der Waals surface area contributed by atoms with Crippen LogP contribution in [0.4, 0.5) is 0 Å². The first-order valence-corrected chi connectivity index (χ1v) is 8.57. The fraction of sp³-hybridized carbons (Fsp3) is 0.250. The van der Waals surface area contributed by atoms with E-state index >= 15 is 0 Å². The molecule has 2 aromatic rings. The van der Waals surface area contributed by atoms with E-state index in [1.165, 1.54) is 18.9 Å². The first-order chi connectivity index (χ1) is 13.0. The SMILES string of the molecule is CC(=O)Oc1ccc(C2=NN(C(C)=O)C(c3ccc4c(c3)OCO4)C2)cc1. The summed E-state index contributed by atoms with van der Waals surface area (Å²) in [5.74, 6) is 1.35. The molecule has 0 radical (unpaired) electrons. The molecule has 0 spiro atoms. The maximum Gasteiger partial charge on any atom is 0.308 e. The largest absolute Gasteiger partial charge is 0.454 e. The molecular weight excluding hydrogens is 348 g/mol. The van der Waals surface area contributed by atoms with Gasteiger partial charge in [-0.1, -0.05) is 6.07 Å². The van der Waals surface area contributed by atoms with Crippen LogP contribution in [0.5, 0.6) is 17.2 Å². The summed E-state index contributed by atoms with van der Waals surface area (Å²) >= 11 is 0. The number of nitrogens with zero attached hydrogens (tertiary/aromatic N) is 2. The van der Waals surface area contributed by atoms with Crippen LogP contribution in [-0.2, 0) is 9.59 Å². The van der Waals surface area contributed by atoms with E-state index in [4.69, 9.17) is 14.2 Å². The van der Waals surface area contributed by atoms with Crippen LogP contribution in [0.25, 0.3) is 0 Å². The molecule has 0 fully saturated rings. The number of benzene rings is 2. The highest BCUT2D eigenvalue weighted by Gasteiger charge is 2.32. The quantitative estimate of drug-likeness (QED) is 0.616. The number of ether oxygens (including phenoxy) is 3. The lowest BCUT2D eigenvalue weighted by Crippen LogP contribution is -2.24. The normalized spacial score (nSPS) is 17.6. The number of hydrogen-bond donors (Lipinski definition) is 0. The van der Waals surface area contributed by atoms with Gasteiger partial charge in [0, 0.05) is 20.3 Å². The van der Waals surface area contributed by atoms with E-state index in [0.717, 1.165) is 16.8 Å². The number of rotatable bonds is 3. The van der Waals surface area contributed by atoms with Gasteiger partial charge in [-0.2, -0.15) is 5.10 Å². The fourth-order valence-corrected chi connectivity index (χ4v) is 3.24. The Morgan fingerprint density at radius 3 is 2.52 bits per heavy atom. The van der Waals surface area contributed by atoms with Gasteiger partial charge in [0.1, 0.15) is 5.75 Å². The van der Waals surface area contributed by atoms with Crippen molar-refractivity contribution in [3.05, 3.63) is 53.6 Å². The van der Waals surface area contributed by atoms with Gasteiger partial charge in [-0.05, 0) is 47.5 Å². The number of hydrogen-bond acceptors (Lipinski definition) is 6. The molecule has 0 saturated carbocycles. The number of hydrazone groups is 1. The summed E-state index contributed by atoms with van der Waals surface area (Å²) < 4.78 is 15.9. The third kappa shape index (κ3) is 3.36. The van der Waals surface area contributed by atoms with Crippen molar-refractivity contribution in [2.45, 2.75) is 26.3 Å². The molecule has 7 nitrogen and oxygen atoms in total. The summed E-state index contributed by atoms with van der Waals surface area (Å²) in [6.45, 7) is 3.06. The highest BCUT2D eigenvalue weighted by Crippen LogP contribution is 2.39. The van der Waals surface area contributed by atoms with E-state index in [-0.39, 0.29) is 24.7 Å². The number of carbonyl (C=O) groups excluding carboxylic acids is 2. The molecule has 0 saturated heterocycles. The monoisotopic (exact) mass is 366 g/mol. The van der Waals surface area contributed by atoms with Crippen LogP contribution in [0.15, 0.2) is 47.6 Å². The first-order valence-electron chi connectivity index (χ1n) is 8.57. The van der Waals surface area contributed by atoms with Gasteiger partial charge in [0.25, 0.3) is 0 Å². The van der Waals surface area contributed by atoms with Crippen LogP contribution in [-0.4, -0.2) is 29.4 Å². The molecule has 7 heteroatoms. The Kier molecular flexibility index (Phi) is 4.27. The minimum absolute atomic E-state index is 0.135. The van der Waals surface area contributed by atoms with E-state index in [9.17, 15) is 9.59 Å². The molecule has 4 rings (SSSR count). The zero-order valence-corrected chi connectivity index (χ0v) is 15.0. The van der Waals surface area contributed by atoms with Gasteiger partial charge in [-0.15, -0.1) is 0 Å². The summed E-state index contributed by atoms with van der Waals surface area (Å²) in [5, 5.41) is 6.01. The first kappa shape index (κ1) is 17.1. The molecule has 0 aliphatic carbocycles. The predicted molar refractivity (Wildman–Crippen MR) is 96.7 cm³/mol. The summed E-state index contributed by atoms with van der Waals surface area (Å²) in [5.41, 5.74) is 2.60. The van der Waals surface area contributed by atoms with Crippen LogP contribution in [0.2, 0.25) is 0 Å². The molecule has 0 N–H and O–H groups in total. The number of fused-ring (bicyclic) bond motifs is 1. The smallest absolute Gasteiger partial charge is 0.308 e. The summed E-state index contributed by atoms with van der Waals surface area (Å²) in [4.78, 5) is 23.2. The fourth-order valence-electron chi connectivity index (χ4n) is 3.24. The van der Waals surface area contributed by atoms with Gasteiger partial charge in [0.15, 0.2) is 11.5 Å². The van der Waals surface area contributed by atoms with Crippen molar-refractivity contribution >= 4 is 17.6 Å². The average molecular weight is 366 g/mol. The molecule has 27 heavy (non-hydrogen) atoms. The topological polar surface area (TPSA) is 77.4 Å². The molecule has 1 unspecified atom stereocenters. The minimum atomic E-state index is -0.369. The highest BCUT2D eigenvalue weighted by atomic mass is 16.7. The average Bonchev–Trinajstić information content (AvgIpc) is 3.28. The van der Waals surface area contributed by atoms with Crippen molar-refractivity contribution in [1.29, 1.82) is 0 Å².